The van der Waals surface area contributed by atoms with Crippen molar-refractivity contribution < 1.29 is 9.53 Å². The summed E-state index contributed by atoms with van der Waals surface area (Å²) in [6, 6.07) is 6.09. The molecule has 1 saturated carbocycles. The van der Waals surface area contributed by atoms with Gasteiger partial charge in [-0.25, -0.2) is 0 Å². The number of carbonyl (C=O) groups excluding carboxylic acids is 1. The molecule has 1 aromatic rings. The van der Waals surface area contributed by atoms with E-state index in [-0.39, 0.29) is 18.6 Å². The highest BCUT2D eigenvalue weighted by Gasteiger charge is 2.23. The lowest BCUT2D eigenvalue weighted by molar-refractivity contribution is -0.123. The van der Waals surface area contributed by atoms with Gasteiger partial charge in [0.05, 0.1) is 0 Å². The van der Waals surface area contributed by atoms with Crippen LogP contribution in [0.2, 0.25) is 0 Å². The Morgan fingerprint density at radius 3 is 2.89 bits per heavy atom. The fourth-order valence-corrected chi connectivity index (χ4v) is 1.80. The first-order chi connectivity index (χ1) is 8.56. The summed E-state index contributed by atoms with van der Waals surface area (Å²) >= 11 is 0. The normalized spacial score (nSPS) is 16.2. The Hall–Kier alpha value is -1.55. The second-order valence-corrected chi connectivity index (χ2v) is 4.96. The minimum atomic E-state index is -0.105. The topological polar surface area (TPSA) is 64.3 Å². The van der Waals surface area contributed by atoms with E-state index in [0.717, 1.165) is 24.0 Å². The maximum atomic E-state index is 11.5. The molecule has 3 N–H and O–H groups in total. The molecule has 1 fully saturated rings. The van der Waals surface area contributed by atoms with Gasteiger partial charge in [0.25, 0.3) is 5.91 Å². The molecule has 1 aromatic carbocycles. The molecule has 0 radical (unpaired) electrons. The Morgan fingerprint density at radius 1 is 1.56 bits per heavy atom. The number of rotatable bonds is 5. The number of benzene rings is 1. The summed E-state index contributed by atoms with van der Waals surface area (Å²) in [5.74, 6) is 0.634. The minimum Gasteiger partial charge on any atom is -0.483 e. The molecule has 98 valence electrons. The number of ether oxygens (including phenoxy) is 1. The van der Waals surface area contributed by atoms with Gasteiger partial charge in [-0.05, 0) is 32.8 Å². The van der Waals surface area contributed by atoms with E-state index >= 15 is 0 Å². The molecule has 0 aliphatic heterocycles. The van der Waals surface area contributed by atoms with Crippen LogP contribution in [-0.2, 0) is 4.79 Å². The van der Waals surface area contributed by atoms with E-state index in [4.69, 9.17) is 10.5 Å². The fraction of sp³-hybridized carbons (Fsp3) is 0.500. The summed E-state index contributed by atoms with van der Waals surface area (Å²) in [4.78, 5) is 11.5. The summed E-state index contributed by atoms with van der Waals surface area (Å²) in [6.45, 7) is 3.97. The number of hydrogen-bond acceptors (Lipinski definition) is 3. The van der Waals surface area contributed by atoms with E-state index in [9.17, 15) is 4.79 Å². The maximum absolute atomic E-state index is 11.5. The van der Waals surface area contributed by atoms with Crippen LogP contribution < -0.4 is 15.8 Å². The van der Waals surface area contributed by atoms with Crippen LogP contribution in [0.3, 0.4) is 0 Å². The van der Waals surface area contributed by atoms with Crippen molar-refractivity contribution in [3.8, 4) is 5.75 Å². The molecule has 0 aromatic heterocycles. The highest BCUT2D eigenvalue weighted by Crippen LogP contribution is 2.25. The average Bonchev–Trinajstić information content (AvgIpc) is 3.11. The first-order valence-electron chi connectivity index (χ1n) is 6.34. The van der Waals surface area contributed by atoms with Gasteiger partial charge in [0.15, 0.2) is 6.61 Å². The van der Waals surface area contributed by atoms with Crippen molar-refractivity contribution >= 4 is 5.91 Å². The van der Waals surface area contributed by atoms with Crippen LogP contribution in [0, 0.1) is 6.92 Å². The zero-order valence-electron chi connectivity index (χ0n) is 10.9. The Labute approximate surface area is 108 Å². The lowest BCUT2D eigenvalue weighted by Gasteiger charge is -2.14. The van der Waals surface area contributed by atoms with E-state index < -0.39 is 0 Å². The molecule has 18 heavy (non-hydrogen) atoms. The Kier molecular flexibility index (Phi) is 3.87. The predicted octanol–water partition coefficient (Wildman–Crippen LogP) is 1.67. The lowest BCUT2D eigenvalue weighted by Crippen LogP contribution is -2.30. The van der Waals surface area contributed by atoms with Crippen molar-refractivity contribution in [2.24, 2.45) is 5.73 Å². The molecule has 2 rings (SSSR count). The first kappa shape index (κ1) is 12.9. The molecule has 1 aliphatic rings. The molecular formula is C14H20N2O2. The molecule has 0 heterocycles. The molecule has 0 unspecified atom stereocenters. The summed E-state index contributed by atoms with van der Waals surface area (Å²) in [6.07, 6.45) is 2.17. The highest BCUT2D eigenvalue weighted by atomic mass is 16.5. The maximum Gasteiger partial charge on any atom is 0.258 e. The smallest absolute Gasteiger partial charge is 0.258 e. The zero-order chi connectivity index (χ0) is 13.1. The predicted molar refractivity (Wildman–Crippen MR) is 70.4 cm³/mol. The van der Waals surface area contributed by atoms with E-state index in [0.29, 0.717) is 11.8 Å². The average molecular weight is 248 g/mol. The summed E-state index contributed by atoms with van der Waals surface area (Å²) < 4.78 is 5.55. The number of amides is 1. The minimum absolute atomic E-state index is 0.0548. The van der Waals surface area contributed by atoms with Crippen LogP contribution in [0.5, 0.6) is 5.75 Å². The molecule has 0 spiro atoms. The van der Waals surface area contributed by atoms with E-state index in [1.807, 2.05) is 32.0 Å². The molecule has 0 saturated heterocycles. The van der Waals surface area contributed by atoms with Crippen molar-refractivity contribution in [3.05, 3.63) is 29.3 Å². The van der Waals surface area contributed by atoms with Crippen LogP contribution in [-0.4, -0.2) is 18.6 Å². The largest absolute Gasteiger partial charge is 0.483 e. The summed E-state index contributed by atoms with van der Waals surface area (Å²) in [7, 11) is 0. The quantitative estimate of drug-likeness (QED) is 0.833. The van der Waals surface area contributed by atoms with E-state index in [1.165, 1.54) is 0 Å². The molecule has 0 bridgehead atoms. The molecule has 4 nitrogen and oxygen atoms in total. The zero-order valence-corrected chi connectivity index (χ0v) is 10.9. The van der Waals surface area contributed by atoms with Crippen LogP contribution in [0.15, 0.2) is 18.2 Å². The van der Waals surface area contributed by atoms with Crippen LogP contribution in [0.4, 0.5) is 0 Å². The van der Waals surface area contributed by atoms with Crippen molar-refractivity contribution in [2.75, 3.05) is 6.61 Å². The van der Waals surface area contributed by atoms with Gasteiger partial charge < -0.3 is 15.8 Å². The second-order valence-electron chi connectivity index (χ2n) is 4.96. The molecule has 4 heteroatoms. The van der Waals surface area contributed by atoms with Gasteiger partial charge in [0, 0.05) is 17.6 Å². The monoisotopic (exact) mass is 248 g/mol. The number of nitrogens with two attached hydrogens (primary N) is 1. The molecular weight excluding hydrogens is 228 g/mol. The number of carbonyl (C=O) groups is 1. The number of hydrogen-bond donors (Lipinski definition) is 2. The van der Waals surface area contributed by atoms with Gasteiger partial charge in [-0.3, -0.25) is 4.79 Å². The molecule has 1 aliphatic carbocycles. The number of nitrogens with one attached hydrogen (secondary N) is 1. The highest BCUT2D eigenvalue weighted by molar-refractivity contribution is 5.78. The van der Waals surface area contributed by atoms with Crippen LogP contribution in [0.1, 0.15) is 36.9 Å². The summed E-state index contributed by atoms with van der Waals surface area (Å²) in [5, 5.41) is 2.89. The van der Waals surface area contributed by atoms with Crippen LogP contribution in [0.25, 0.3) is 0 Å². The lowest BCUT2D eigenvalue weighted by atomic mass is 10.1. The van der Waals surface area contributed by atoms with Crippen molar-refractivity contribution in [2.45, 2.75) is 38.8 Å². The van der Waals surface area contributed by atoms with Gasteiger partial charge in [0.1, 0.15) is 5.75 Å². The van der Waals surface area contributed by atoms with Gasteiger partial charge in [-0.15, -0.1) is 0 Å². The van der Waals surface area contributed by atoms with Crippen LogP contribution >= 0.6 is 0 Å². The third-order valence-corrected chi connectivity index (χ3v) is 2.96. The molecule has 1 atom stereocenters. The second kappa shape index (κ2) is 5.40. The fourth-order valence-electron chi connectivity index (χ4n) is 1.80. The Morgan fingerprint density at radius 2 is 2.28 bits per heavy atom. The van der Waals surface area contributed by atoms with Crippen molar-refractivity contribution in [1.82, 2.24) is 5.32 Å². The third-order valence-electron chi connectivity index (χ3n) is 2.96. The van der Waals surface area contributed by atoms with E-state index in [2.05, 4.69) is 5.32 Å². The third kappa shape index (κ3) is 3.47. The molecule has 1 amide bonds. The SMILES string of the molecule is Cc1ccc(OCC(=O)NC2CC2)c([C@@H](C)N)c1. The first-order valence-corrected chi connectivity index (χ1v) is 6.34. The van der Waals surface area contributed by atoms with Gasteiger partial charge >= 0.3 is 0 Å². The summed E-state index contributed by atoms with van der Waals surface area (Å²) in [5.41, 5.74) is 7.98. The Balaban J connectivity index is 1.96. The number of aryl methyl sites for hydroxylation is 1. The Bertz CT molecular complexity index is 439. The van der Waals surface area contributed by atoms with Gasteiger partial charge in [-0.1, -0.05) is 17.7 Å². The van der Waals surface area contributed by atoms with Gasteiger partial charge in [0.2, 0.25) is 0 Å². The standard InChI is InChI=1S/C14H20N2O2/c1-9-3-6-13(12(7-9)10(2)15)18-8-14(17)16-11-4-5-11/h3,6-7,10-11H,4-5,8,15H2,1-2H3,(H,16,17)/t10-/m1/s1. The van der Waals surface area contributed by atoms with E-state index in [1.54, 1.807) is 0 Å². The van der Waals surface area contributed by atoms with Crippen molar-refractivity contribution in [1.29, 1.82) is 0 Å². The van der Waals surface area contributed by atoms with Crippen molar-refractivity contribution in [3.63, 3.8) is 0 Å². The van der Waals surface area contributed by atoms with Gasteiger partial charge in [-0.2, -0.15) is 0 Å².